The molecule has 1 saturated heterocycles. The molecule has 1 aromatic rings. The second-order valence-corrected chi connectivity index (χ2v) is 4.72. The van der Waals surface area contributed by atoms with Crippen LogP contribution in [0.4, 0.5) is 8.78 Å². The number of hydrogen-bond acceptors (Lipinski definition) is 2. The second kappa shape index (κ2) is 5.10. The number of nitrogens with zero attached hydrogens (tertiary/aromatic N) is 1. The van der Waals surface area contributed by atoms with Crippen molar-refractivity contribution < 1.29 is 13.9 Å². The summed E-state index contributed by atoms with van der Waals surface area (Å²) in [6, 6.07) is 3.73. The SMILES string of the molecule is CC1CCN(Cc2ccc(F)cc2F)C1CO. The van der Waals surface area contributed by atoms with Crippen LogP contribution in [0.25, 0.3) is 0 Å². The molecule has 94 valence electrons. The summed E-state index contributed by atoms with van der Waals surface area (Å²) in [5.41, 5.74) is 0.485. The van der Waals surface area contributed by atoms with Gasteiger partial charge in [-0.25, -0.2) is 8.78 Å². The Bertz CT molecular complexity index is 397. The van der Waals surface area contributed by atoms with Crippen molar-refractivity contribution in [3.63, 3.8) is 0 Å². The molecule has 1 heterocycles. The molecule has 1 N–H and O–H groups in total. The lowest BCUT2D eigenvalue weighted by Gasteiger charge is -2.25. The van der Waals surface area contributed by atoms with Gasteiger partial charge in [-0.15, -0.1) is 0 Å². The van der Waals surface area contributed by atoms with Gasteiger partial charge in [0.15, 0.2) is 0 Å². The zero-order valence-electron chi connectivity index (χ0n) is 9.87. The molecule has 4 heteroatoms. The lowest BCUT2D eigenvalue weighted by molar-refractivity contribution is 0.133. The minimum absolute atomic E-state index is 0.0828. The first-order valence-corrected chi connectivity index (χ1v) is 5.90. The van der Waals surface area contributed by atoms with E-state index in [0.29, 0.717) is 18.0 Å². The zero-order chi connectivity index (χ0) is 12.4. The Balaban J connectivity index is 2.10. The van der Waals surface area contributed by atoms with E-state index in [1.807, 2.05) is 0 Å². The molecular weight excluding hydrogens is 224 g/mol. The maximum absolute atomic E-state index is 13.5. The van der Waals surface area contributed by atoms with Crippen molar-refractivity contribution in [3.8, 4) is 0 Å². The maximum atomic E-state index is 13.5. The largest absolute Gasteiger partial charge is 0.395 e. The van der Waals surface area contributed by atoms with Crippen molar-refractivity contribution in [2.45, 2.75) is 25.9 Å². The molecule has 1 aliphatic rings. The Morgan fingerprint density at radius 1 is 1.41 bits per heavy atom. The Morgan fingerprint density at radius 2 is 2.18 bits per heavy atom. The molecule has 1 fully saturated rings. The zero-order valence-corrected chi connectivity index (χ0v) is 9.87. The van der Waals surface area contributed by atoms with Crippen LogP contribution in [0.3, 0.4) is 0 Å². The van der Waals surface area contributed by atoms with Crippen LogP contribution < -0.4 is 0 Å². The highest BCUT2D eigenvalue weighted by molar-refractivity contribution is 5.18. The third-order valence-electron chi connectivity index (χ3n) is 3.57. The van der Waals surface area contributed by atoms with E-state index >= 15 is 0 Å². The van der Waals surface area contributed by atoms with Gasteiger partial charge in [0, 0.05) is 24.2 Å². The average Bonchev–Trinajstić information content (AvgIpc) is 2.63. The highest BCUT2D eigenvalue weighted by Gasteiger charge is 2.30. The van der Waals surface area contributed by atoms with Crippen molar-refractivity contribution in [1.29, 1.82) is 0 Å². The number of benzene rings is 1. The van der Waals surface area contributed by atoms with Gasteiger partial charge in [-0.05, 0) is 24.9 Å². The van der Waals surface area contributed by atoms with Gasteiger partial charge in [0.2, 0.25) is 0 Å². The van der Waals surface area contributed by atoms with Crippen LogP contribution >= 0.6 is 0 Å². The van der Waals surface area contributed by atoms with E-state index in [1.165, 1.54) is 12.1 Å². The standard InChI is InChI=1S/C13H17F2NO/c1-9-4-5-16(13(9)8-17)7-10-2-3-11(14)6-12(10)15/h2-3,6,9,13,17H,4-5,7-8H2,1H3. The molecule has 0 amide bonds. The first kappa shape index (κ1) is 12.5. The van der Waals surface area contributed by atoms with Gasteiger partial charge in [-0.1, -0.05) is 13.0 Å². The fourth-order valence-electron chi connectivity index (χ4n) is 2.45. The van der Waals surface area contributed by atoms with Gasteiger partial charge in [0.05, 0.1) is 6.61 Å². The van der Waals surface area contributed by atoms with Crippen LogP contribution in [0.2, 0.25) is 0 Å². The van der Waals surface area contributed by atoms with Crippen LogP contribution in [-0.2, 0) is 6.54 Å². The molecule has 0 bridgehead atoms. The first-order valence-electron chi connectivity index (χ1n) is 5.90. The number of rotatable bonds is 3. The summed E-state index contributed by atoms with van der Waals surface area (Å²) in [5, 5.41) is 9.30. The molecule has 2 nitrogen and oxygen atoms in total. The molecule has 2 atom stereocenters. The van der Waals surface area contributed by atoms with Crippen LogP contribution in [0, 0.1) is 17.6 Å². The summed E-state index contributed by atoms with van der Waals surface area (Å²) in [6.45, 7) is 3.46. The molecule has 2 unspecified atom stereocenters. The normalized spacial score (nSPS) is 25.4. The smallest absolute Gasteiger partial charge is 0.130 e. The number of aliphatic hydroxyl groups is 1. The minimum atomic E-state index is -0.556. The Hall–Kier alpha value is -1.00. The number of hydrogen-bond donors (Lipinski definition) is 1. The monoisotopic (exact) mass is 241 g/mol. The quantitative estimate of drug-likeness (QED) is 0.876. The highest BCUT2D eigenvalue weighted by atomic mass is 19.1. The molecule has 0 saturated carbocycles. The van der Waals surface area contributed by atoms with E-state index < -0.39 is 11.6 Å². The average molecular weight is 241 g/mol. The summed E-state index contributed by atoms with van der Waals surface area (Å²) in [6.07, 6.45) is 1.01. The Labute approximate surface area is 99.9 Å². The second-order valence-electron chi connectivity index (χ2n) is 4.72. The number of likely N-dealkylation sites (tertiary alicyclic amines) is 1. The fraction of sp³-hybridized carbons (Fsp3) is 0.538. The molecule has 0 aromatic heterocycles. The lowest BCUT2D eigenvalue weighted by atomic mass is 10.0. The van der Waals surface area contributed by atoms with Gasteiger partial charge in [0.25, 0.3) is 0 Å². The van der Waals surface area contributed by atoms with E-state index in [9.17, 15) is 13.9 Å². The van der Waals surface area contributed by atoms with Crippen LogP contribution in [0.1, 0.15) is 18.9 Å². The van der Waals surface area contributed by atoms with Crippen LogP contribution in [0.15, 0.2) is 18.2 Å². The van der Waals surface area contributed by atoms with Crippen molar-refractivity contribution in [2.75, 3.05) is 13.2 Å². The van der Waals surface area contributed by atoms with Gasteiger partial charge >= 0.3 is 0 Å². The number of halogens is 2. The highest BCUT2D eigenvalue weighted by Crippen LogP contribution is 2.26. The summed E-state index contributed by atoms with van der Waals surface area (Å²) in [4.78, 5) is 2.06. The predicted octanol–water partition coefficient (Wildman–Crippen LogP) is 2.17. The molecule has 2 rings (SSSR count). The van der Waals surface area contributed by atoms with E-state index in [4.69, 9.17) is 0 Å². The van der Waals surface area contributed by atoms with Crippen molar-refractivity contribution in [2.24, 2.45) is 5.92 Å². The maximum Gasteiger partial charge on any atom is 0.130 e. The third-order valence-corrected chi connectivity index (χ3v) is 3.57. The topological polar surface area (TPSA) is 23.5 Å². The molecule has 1 aliphatic heterocycles. The Kier molecular flexibility index (Phi) is 3.74. The van der Waals surface area contributed by atoms with Crippen molar-refractivity contribution >= 4 is 0 Å². The van der Waals surface area contributed by atoms with Crippen LogP contribution in [-0.4, -0.2) is 29.2 Å². The molecular formula is C13H17F2NO. The summed E-state index contributed by atoms with van der Waals surface area (Å²) < 4.78 is 26.3. The minimum Gasteiger partial charge on any atom is -0.395 e. The molecule has 17 heavy (non-hydrogen) atoms. The van der Waals surface area contributed by atoms with Gasteiger partial charge < -0.3 is 5.11 Å². The molecule has 0 radical (unpaired) electrons. The summed E-state index contributed by atoms with van der Waals surface area (Å²) >= 11 is 0. The van der Waals surface area contributed by atoms with Gasteiger partial charge in [0.1, 0.15) is 11.6 Å². The van der Waals surface area contributed by atoms with Crippen molar-refractivity contribution in [1.82, 2.24) is 4.90 Å². The Morgan fingerprint density at radius 3 is 2.82 bits per heavy atom. The molecule has 0 aliphatic carbocycles. The molecule has 0 spiro atoms. The van der Waals surface area contributed by atoms with E-state index in [1.54, 1.807) is 0 Å². The lowest BCUT2D eigenvalue weighted by Crippen LogP contribution is -2.34. The predicted molar refractivity (Wildman–Crippen MR) is 61.4 cm³/mol. The van der Waals surface area contributed by atoms with Gasteiger partial charge in [-0.2, -0.15) is 0 Å². The first-order chi connectivity index (χ1) is 8.11. The number of aliphatic hydroxyl groups excluding tert-OH is 1. The van der Waals surface area contributed by atoms with Crippen LogP contribution in [0.5, 0.6) is 0 Å². The fourth-order valence-corrected chi connectivity index (χ4v) is 2.45. The summed E-state index contributed by atoms with van der Waals surface area (Å²) in [7, 11) is 0. The van der Waals surface area contributed by atoms with Crippen molar-refractivity contribution in [3.05, 3.63) is 35.4 Å². The summed E-state index contributed by atoms with van der Waals surface area (Å²) in [5.74, 6) is -0.649. The third kappa shape index (κ3) is 2.64. The van der Waals surface area contributed by atoms with Gasteiger partial charge in [-0.3, -0.25) is 4.90 Å². The van der Waals surface area contributed by atoms with E-state index in [2.05, 4.69) is 11.8 Å². The van der Waals surface area contributed by atoms with E-state index in [0.717, 1.165) is 19.0 Å². The molecule has 1 aromatic carbocycles. The van der Waals surface area contributed by atoms with E-state index in [-0.39, 0.29) is 12.6 Å².